The topological polar surface area (TPSA) is 77.8 Å². The molecule has 1 unspecified atom stereocenters. The van der Waals surface area contributed by atoms with Crippen LogP contribution in [0.25, 0.3) is 0 Å². The summed E-state index contributed by atoms with van der Waals surface area (Å²) >= 11 is 0. The van der Waals surface area contributed by atoms with Gasteiger partial charge < -0.3 is 15.3 Å². The fourth-order valence-electron chi connectivity index (χ4n) is 4.53. The van der Waals surface area contributed by atoms with Crippen LogP contribution >= 0.6 is 0 Å². The van der Waals surface area contributed by atoms with E-state index in [9.17, 15) is 15.0 Å². The molecule has 0 aromatic carbocycles. The van der Waals surface area contributed by atoms with Gasteiger partial charge in [-0.3, -0.25) is 4.79 Å². The van der Waals surface area contributed by atoms with Crippen LogP contribution in [-0.2, 0) is 4.79 Å². The van der Waals surface area contributed by atoms with Crippen molar-refractivity contribution in [3.8, 4) is 0 Å². The first-order chi connectivity index (χ1) is 12.4. The van der Waals surface area contributed by atoms with Crippen molar-refractivity contribution >= 4 is 5.97 Å². The first-order valence-corrected chi connectivity index (χ1v) is 10.3. The number of aliphatic carboxylic acids is 1. The number of hydrogen-bond acceptors (Lipinski definition) is 3. The van der Waals surface area contributed by atoms with Crippen molar-refractivity contribution < 1.29 is 20.1 Å². The number of rotatable bonds is 9. The van der Waals surface area contributed by atoms with Gasteiger partial charge in [-0.2, -0.15) is 0 Å². The van der Waals surface area contributed by atoms with E-state index in [4.69, 9.17) is 5.11 Å². The molecular weight excluding hydrogens is 328 g/mol. The van der Waals surface area contributed by atoms with Gasteiger partial charge in [0.2, 0.25) is 0 Å². The number of aliphatic hydroxyl groups excluding tert-OH is 2. The Labute approximate surface area is 158 Å². The highest BCUT2D eigenvalue weighted by Gasteiger charge is 2.35. The molecule has 2 aliphatic rings. The highest BCUT2D eigenvalue weighted by Crippen LogP contribution is 2.40. The summed E-state index contributed by atoms with van der Waals surface area (Å²) in [4.78, 5) is 10.5. The van der Waals surface area contributed by atoms with Crippen molar-refractivity contribution in [1.82, 2.24) is 0 Å². The second kappa shape index (κ2) is 10.3. The van der Waals surface area contributed by atoms with Crippen molar-refractivity contribution in [2.24, 2.45) is 17.3 Å². The van der Waals surface area contributed by atoms with E-state index < -0.39 is 12.1 Å². The molecule has 2 fully saturated rings. The zero-order valence-electron chi connectivity index (χ0n) is 16.1. The highest BCUT2D eigenvalue weighted by molar-refractivity contribution is 5.66. The maximum Gasteiger partial charge on any atom is 0.303 e. The Bertz CT molecular complexity index is 490. The third kappa shape index (κ3) is 6.24. The summed E-state index contributed by atoms with van der Waals surface area (Å²) in [6.07, 6.45) is 17.7. The van der Waals surface area contributed by atoms with Gasteiger partial charge in [-0.25, -0.2) is 0 Å². The highest BCUT2D eigenvalue weighted by atomic mass is 16.4. The summed E-state index contributed by atoms with van der Waals surface area (Å²) in [5.41, 5.74) is 0.00547. The minimum atomic E-state index is -0.750. The van der Waals surface area contributed by atoms with Crippen molar-refractivity contribution in [3.05, 3.63) is 24.3 Å². The van der Waals surface area contributed by atoms with Crippen LogP contribution < -0.4 is 0 Å². The van der Waals surface area contributed by atoms with Gasteiger partial charge in [0.25, 0.3) is 0 Å². The molecule has 4 atom stereocenters. The van der Waals surface area contributed by atoms with Gasteiger partial charge in [0.15, 0.2) is 0 Å². The SMILES string of the molecule is CC1(C(O)/C=C/[C@H]2CC[C@H](O)[C@@H]2C/C=C\CCCC(=O)O)CCCCC1. The number of carbonyl (C=O) groups is 1. The van der Waals surface area contributed by atoms with Crippen LogP contribution in [0.1, 0.15) is 77.6 Å². The molecule has 0 aromatic heterocycles. The van der Waals surface area contributed by atoms with Crippen molar-refractivity contribution in [3.63, 3.8) is 0 Å². The molecule has 0 saturated heterocycles. The smallest absolute Gasteiger partial charge is 0.303 e. The largest absolute Gasteiger partial charge is 0.481 e. The van der Waals surface area contributed by atoms with Gasteiger partial charge in [-0.15, -0.1) is 0 Å². The molecule has 0 aromatic rings. The van der Waals surface area contributed by atoms with E-state index >= 15 is 0 Å². The fraction of sp³-hybridized carbons (Fsp3) is 0.773. The first kappa shape index (κ1) is 21.2. The lowest BCUT2D eigenvalue weighted by Crippen LogP contribution is -2.33. The standard InChI is InChI=1S/C22H36O4/c1-22(15-7-4-8-16-22)20(24)14-12-17-11-13-19(23)18(17)9-5-2-3-6-10-21(25)26/h2,5,12,14,17-20,23-24H,3-4,6-11,13,15-16H2,1H3,(H,25,26)/b5-2-,14-12+/t17-,18-,19+,20?/m1/s1. The Hall–Kier alpha value is -1.13. The van der Waals surface area contributed by atoms with Gasteiger partial charge >= 0.3 is 5.97 Å². The molecular formula is C22H36O4. The summed E-state index contributed by atoms with van der Waals surface area (Å²) in [6, 6.07) is 0. The summed E-state index contributed by atoms with van der Waals surface area (Å²) in [6.45, 7) is 2.20. The number of aliphatic hydroxyl groups is 2. The minimum Gasteiger partial charge on any atom is -0.481 e. The lowest BCUT2D eigenvalue weighted by Gasteiger charge is -2.36. The molecule has 2 aliphatic carbocycles. The number of unbranched alkanes of at least 4 members (excludes halogenated alkanes) is 1. The number of allylic oxidation sites excluding steroid dienone is 3. The maximum absolute atomic E-state index is 10.7. The summed E-state index contributed by atoms with van der Waals surface area (Å²) < 4.78 is 0. The van der Waals surface area contributed by atoms with Gasteiger partial charge in [0, 0.05) is 6.42 Å². The lowest BCUT2D eigenvalue weighted by atomic mass is 9.71. The average Bonchev–Trinajstić information content (AvgIpc) is 2.96. The molecule has 2 saturated carbocycles. The summed E-state index contributed by atoms with van der Waals surface area (Å²) in [5, 5.41) is 29.6. The normalized spacial score (nSPS) is 30.2. The molecule has 0 spiro atoms. The third-order valence-electron chi connectivity index (χ3n) is 6.43. The monoisotopic (exact) mass is 364 g/mol. The molecule has 0 aliphatic heterocycles. The third-order valence-corrected chi connectivity index (χ3v) is 6.43. The molecule has 148 valence electrons. The van der Waals surface area contributed by atoms with Gasteiger partial charge in [-0.1, -0.05) is 50.5 Å². The van der Waals surface area contributed by atoms with E-state index in [1.54, 1.807) is 0 Å². The first-order valence-electron chi connectivity index (χ1n) is 10.3. The molecule has 0 bridgehead atoms. The van der Waals surface area contributed by atoms with Gasteiger partial charge in [-0.05, 0) is 62.2 Å². The molecule has 0 amide bonds. The second-order valence-electron chi connectivity index (χ2n) is 8.51. The number of hydrogen-bond donors (Lipinski definition) is 3. The second-order valence-corrected chi connectivity index (χ2v) is 8.51. The van der Waals surface area contributed by atoms with E-state index in [0.717, 1.165) is 38.5 Å². The Kier molecular flexibility index (Phi) is 8.36. The van der Waals surface area contributed by atoms with Crippen molar-refractivity contribution in [2.75, 3.05) is 0 Å². The van der Waals surface area contributed by atoms with E-state index in [2.05, 4.69) is 19.1 Å². The summed E-state index contributed by atoms with van der Waals surface area (Å²) in [5.74, 6) is -0.233. The van der Waals surface area contributed by atoms with Crippen LogP contribution in [0.3, 0.4) is 0 Å². The van der Waals surface area contributed by atoms with Crippen LogP contribution in [0.15, 0.2) is 24.3 Å². The molecule has 4 heteroatoms. The van der Waals surface area contributed by atoms with E-state index in [0.29, 0.717) is 12.3 Å². The van der Waals surface area contributed by atoms with Crippen LogP contribution in [0.2, 0.25) is 0 Å². The molecule has 2 rings (SSSR count). The van der Waals surface area contributed by atoms with Gasteiger partial charge in [0.1, 0.15) is 0 Å². The van der Waals surface area contributed by atoms with Crippen molar-refractivity contribution in [1.29, 1.82) is 0 Å². The Balaban J connectivity index is 1.83. The van der Waals surface area contributed by atoms with E-state index in [1.807, 2.05) is 12.2 Å². The quantitative estimate of drug-likeness (QED) is 0.417. The average molecular weight is 365 g/mol. The zero-order chi connectivity index (χ0) is 19.0. The lowest BCUT2D eigenvalue weighted by molar-refractivity contribution is -0.137. The van der Waals surface area contributed by atoms with Crippen LogP contribution in [0.5, 0.6) is 0 Å². The molecule has 4 nitrogen and oxygen atoms in total. The Morgan fingerprint density at radius 2 is 1.92 bits per heavy atom. The van der Waals surface area contributed by atoms with Crippen molar-refractivity contribution in [2.45, 2.75) is 89.8 Å². The molecule has 0 heterocycles. The van der Waals surface area contributed by atoms with Crippen LogP contribution in [-0.4, -0.2) is 33.5 Å². The fourth-order valence-corrected chi connectivity index (χ4v) is 4.53. The van der Waals surface area contributed by atoms with E-state index in [1.165, 1.54) is 19.3 Å². The predicted octanol–water partition coefficient (Wildman–Crippen LogP) is 4.46. The van der Waals surface area contributed by atoms with E-state index in [-0.39, 0.29) is 23.9 Å². The Morgan fingerprint density at radius 1 is 1.19 bits per heavy atom. The Morgan fingerprint density at radius 3 is 2.62 bits per heavy atom. The maximum atomic E-state index is 10.7. The zero-order valence-corrected chi connectivity index (χ0v) is 16.1. The number of carboxylic acids is 1. The minimum absolute atomic E-state index is 0.00547. The molecule has 3 N–H and O–H groups in total. The number of carboxylic acid groups (broad SMARTS) is 1. The molecule has 26 heavy (non-hydrogen) atoms. The van der Waals surface area contributed by atoms with Crippen LogP contribution in [0.4, 0.5) is 0 Å². The van der Waals surface area contributed by atoms with Crippen LogP contribution in [0, 0.1) is 17.3 Å². The predicted molar refractivity (Wildman–Crippen MR) is 104 cm³/mol. The van der Waals surface area contributed by atoms with Gasteiger partial charge in [0.05, 0.1) is 12.2 Å². The molecule has 0 radical (unpaired) electrons. The summed E-state index contributed by atoms with van der Waals surface area (Å²) in [7, 11) is 0.